The van der Waals surface area contributed by atoms with Crippen molar-refractivity contribution in [2.45, 2.75) is 0 Å². The van der Waals surface area contributed by atoms with Gasteiger partial charge in [0.1, 0.15) is 11.5 Å². The fourth-order valence-corrected chi connectivity index (χ4v) is 2.12. The Bertz CT molecular complexity index is 899. The summed E-state index contributed by atoms with van der Waals surface area (Å²) < 4.78 is 5.77. The van der Waals surface area contributed by atoms with E-state index in [1.54, 1.807) is 42.6 Å². The number of nitro groups is 1. The summed E-state index contributed by atoms with van der Waals surface area (Å²) in [6, 6.07) is 13.3. The lowest BCUT2D eigenvalue weighted by molar-refractivity contribution is -0.383. The molecule has 0 aliphatic heterocycles. The van der Waals surface area contributed by atoms with Crippen molar-refractivity contribution in [1.82, 2.24) is 4.98 Å². The summed E-state index contributed by atoms with van der Waals surface area (Å²) in [6.45, 7) is 0. The molecule has 1 aromatic heterocycles. The molecule has 2 aromatic carbocycles. The van der Waals surface area contributed by atoms with Gasteiger partial charge in [0.15, 0.2) is 0 Å². The molecule has 0 spiro atoms. The van der Waals surface area contributed by atoms with Crippen LogP contribution in [-0.2, 0) is 0 Å². The number of hydrogen-bond acceptors (Lipinski definition) is 5. The minimum absolute atomic E-state index is 0.0183. The lowest BCUT2D eigenvalue weighted by atomic mass is 10.1. The van der Waals surface area contributed by atoms with E-state index >= 15 is 0 Å². The van der Waals surface area contributed by atoms with Gasteiger partial charge in [0, 0.05) is 23.8 Å². The number of ether oxygens (including phenoxy) is 1. The lowest BCUT2D eigenvalue weighted by Crippen LogP contribution is -1.92. The van der Waals surface area contributed by atoms with E-state index in [4.69, 9.17) is 10.00 Å². The first-order valence-electron chi connectivity index (χ1n) is 6.38. The summed E-state index contributed by atoms with van der Waals surface area (Å²) >= 11 is 0. The molecule has 106 valence electrons. The predicted molar refractivity (Wildman–Crippen MR) is 79.6 cm³/mol. The van der Waals surface area contributed by atoms with Crippen LogP contribution in [0.25, 0.3) is 10.8 Å². The van der Waals surface area contributed by atoms with E-state index < -0.39 is 4.92 Å². The van der Waals surface area contributed by atoms with Gasteiger partial charge in [-0.1, -0.05) is 0 Å². The third-order valence-electron chi connectivity index (χ3n) is 3.16. The smallest absolute Gasteiger partial charge is 0.279 e. The fourth-order valence-electron chi connectivity index (χ4n) is 2.12. The van der Waals surface area contributed by atoms with Gasteiger partial charge in [-0.25, -0.2) is 0 Å². The van der Waals surface area contributed by atoms with Crippen LogP contribution in [0.4, 0.5) is 5.69 Å². The minimum atomic E-state index is -0.449. The first-order valence-corrected chi connectivity index (χ1v) is 6.38. The van der Waals surface area contributed by atoms with Gasteiger partial charge in [0.25, 0.3) is 5.69 Å². The number of fused-ring (bicyclic) bond motifs is 1. The summed E-state index contributed by atoms with van der Waals surface area (Å²) in [5, 5.41) is 20.9. The zero-order valence-corrected chi connectivity index (χ0v) is 11.3. The molecule has 0 aliphatic rings. The topological polar surface area (TPSA) is 89.0 Å². The first-order chi connectivity index (χ1) is 10.7. The number of hydrogen-bond donors (Lipinski definition) is 0. The zero-order valence-electron chi connectivity index (χ0n) is 11.3. The van der Waals surface area contributed by atoms with Gasteiger partial charge in [0.05, 0.1) is 21.9 Å². The van der Waals surface area contributed by atoms with E-state index in [0.717, 1.165) is 0 Å². The second kappa shape index (κ2) is 5.50. The summed E-state index contributed by atoms with van der Waals surface area (Å²) in [5.41, 5.74) is 0.514. The van der Waals surface area contributed by atoms with E-state index in [0.29, 0.717) is 27.8 Å². The van der Waals surface area contributed by atoms with Crippen molar-refractivity contribution in [3.8, 4) is 17.6 Å². The molecule has 0 N–H and O–H groups in total. The van der Waals surface area contributed by atoms with Crippen LogP contribution in [0.15, 0.2) is 54.9 Å². The highest BCUT2D eigenvalue weighted by Crippen LogP contribution is 2.34. The highest BCUT2D eigenvalue weighted by Gasteiger charge is 2.15. The lowest BCUT2D eigenvalue weighted by Gasteiger charge is -2.09. The quantitative estimate of drug-likeness (QED) is 0.540. The van der Waals surface area contributed by atoms with E-state index in [9.17, 15) is 10.1 Å². The van der Waals surface area contributed by atoms with Crippen molar-refractivity contribution >= 4 is 16.5 Å². The zero-order chi connectivity index (χ0) is 15.5. The van der Waals surface area contributed by atoms with Gasteiger partial charge in [-0.3, -0.25) is 15.1 Å². The molecule has 0 aliphatic carbocycles. The normalized spacial score (nSPS) is 10.1. The molecule has 0 saturated heterocycles. The first kappa shape index (κ1) is 13.5. The molecule has 3 aromatic rings. The fraction of sp³-hybridized carbons (Fsp3) is 0. The molecule has 6 nitrogen and oxygen atoms in total. The third-order valence-corrected chi connectivity index (χ3v) is 3.16. The van der Waals surface area contributed by atoms with Crippen molar-refractivity contribution in [3.63, 3.8) is 0 Å². The number of nitro benzene ring substituents is 1. The Kier molecular flexibility index (Phi) is 3.38. The summed E-state index contributed by atoms with van der Waals surface area (Å²) in [4.78, 5) is 14.5. The van der Waals surface area contributed by atoms with Crippen molar-refractivity contribution in [3.05, 3.63) is 70.5 Å². The molecule has 0 atom stereocenters. The Morgan fingerprint density at radius 1 is 1.09 bits per heavy atom. The second-order valence-corrected chi connectivity index (χ2v) is 4.50. The van der Waals surface area contributed by atoms with Gasteiger partial charge in [-0.15, -0.1) is 0 Å². The number of rotatable bonds is 3. The molecular weight excluding hydrogens is 282 g/mol. The van der Waals surface area contributed by atoms with Crippen LogP contribution in [0, 0.1) is 21.4 Å². The van der Waals surface area contributed by atoms with Crippen LogP contribution in [0.5, 0.6) is 11.5 Å². The van der Waals surface area contributed by atoms with Gasteiger partial charge in [0.2, 0.25) is 0 Å². The van der Waals surface area contributed by atoms with Crippen molar-refractivity contribution < 1.29 is 9.66 Å². The molecular formula is C16H9N3O3. The van der Waals surface area contributed by atoms with E-state index in [1.165, 1.54) is 12.3 Å². The van der Waals surface area contributed by atoms with E-state index in [1.807, 2.05) is 6.07 Å². The third kappa shape index (κ3) is 2.43. The number of nitrogens with zero attached hydrogens (tertiary/aromatic N) is 3. The molecule has 0 fully saturated rings. The molecule has 1 heterocycles. The predicted octanol–water partition coefficient (Wildman–Crippen LogP) is 3.81. The van der Waals surface area contributed by atoms with Gasteiger partial charge >= 0.3 is 0 Å². The van der Waals surface area contributed by atoms with E-state index in [2.05, 4.69) is 4.98 Å². The molecule has 0 amide bonds. The number of pyridine rings is 1. The number of nitriles is 1. The van der Waals surface area contributed by atoms with Crippen molar-refractivity contribution in [1.29, 1.82) is 5.26 Å². The Hall–Kier alpha value is -3.46. The van der Waals surface area contributed by atoms with Gasteiger partial charge in [-0.2, -0.15) is 5.26 Å². The monoisotopic (exact) mass is 291 g/mol. The molecule has 22 heavy (non-hydrogen) atoms. The number of aromatic nitrogens is 1. The number of benzene rings is 2. The maximum Gasteiger partial charge on any atom is 0.279 e. The van der Waals surface area contributed by atoms with Crippen LogP contribution in [0.2, 0.25) is 0 Å². The Labute approximate surface area is 125 Å². The van der Waals surface area contributed by atoms with Crippen LogP contribution >= 0.6 is 0 Å². The van der Waals surface area contributed by atoms with E-state index in [-0.39, 0.29) is 5.69 Å². The largest absolute Gasteiger partial charge is 0.457 e. The molecule has 0 saturated carbocycles. The van der Waals surface area contributed by atoms with Gasteiger partial charge < -0.3 is 4.74 Å². The Morgan fingerprint density at radius 3 is 2.55 bits per heavy atom. The second-order valence-electron chi connectivity index (χ2n) is 4.50. The van der Waals surface area contributed by atoms with Crippen molar-refractivity contribution in [2.24, 2.45) is 0 Å². The molecule has 0 unspecified atom stereocenters. The Balaban J connectivity index is 2.06. The summed E-state index contributed by atoms with van der Waals surface area (Å²) in [6.07, 6.45) is 3.00. The standard InChI is InChI=1S/C16H9N3O3/c17-9-11-1-3-12(4-2-11)22-16-6-5-15(19(20)21)14-10-18-8-7-13(14)16/h1-8,10H. The summed E-state index contributed by atoms with van der Waals surface area (Å²) in [7, 11) is 0. The highest BCUT2D eigenvalue weighted by molar-refractivity contribution is 5.94. The van der Waals surface area contributed by atoms with Crippen LogP contribution in [-0.4, -0.2) is 9.91 Å². The van der Waals surface area contributed by atoms with Crippen LogP contribution in [0.3, 0.4) is 0 Å². The van der Waals surface area contributed by atoms with Gasteiger partial charge in [-0.05, 0) is 36.4 Å². The average Bonchev–Trinajstić information content (AvgIpc) is 2.55. The number of non-ortho nitro benzene ring substituents is 1. The van der Waals surface area contributed by atoms with Crippen LogP contribution < -0.4 is 4.74 Å². The molecule has 0 radical (unpaired) electrons. The molecule has 3 rings (SSSR count). The SMILES string of the molecule is N#Cc1ccc(Oc2ccc([N+](=O)[O-])c3cnccc23)cc1. The Morgan fingerprint density at radius 2 is 1.86 bits per heavy atom. The maximum atomic E-state index is 11.1. The average molecular weight is 291 g/mol. The summed E-state index contributed by atoms with van der Waals surface area (Å²) in [5.74, 6) is 1.04. The minimum Gasteiger partial charge on any atom is -0.457 e. The maximum absolute atomic E-state index is 11.1. The molecule has 0 bridgehead atoms. The van der Waals surface area contributed by atoms with Crippen LogP contribution in [0.1, 0.15) is 5.56 Å². The molecule has 6 heteroatoms. The highest BCUT2D eigenvalue weighted by atomic mass is 16.6. The van der Waals surface area contributed by atoms with Crippen molar-refractivity contribution in [2.75, 3.05) is 0 Å².